The lowest BCUT2D eigenvalue weighted by Gasteiger charge is -2.29. The van der Waals surface area contributed by atoms with Gasteiger partial charge in [0.15, 0.2) is 0 Å². The Labute approximate surface area is 461 Å². The van der Waals surface area contributed by atoms with Crippen LogP contribution in [-0.2, 0) is 18.4 Å². The lowest BCUT2D eigenvalue weighted by molar-refractivity contribution is -0.870. The van der Waals surface area contributed by atoms with Crippen molar-refractivity contribution in [3.8, 4) is 0 Å². The van der Waals surface area contributed by atoms with E-state index in [1.165, 1.54) is 257 Å². The first kappa shape index (κ1) is 72.7. The Morgan fingerprint density at radius 3 is 1.09 bits per heavy atom. The molecule has 0 fully saturated rings. The Hall–Kier alpha value is -1.28. The average Bonchev–Trinajstić information content (AvgIpc) is 3.36. The highest BCUT2D eigenvalue weighted by molar-refractivity contribution is 7.45. The molecule has 0 saturated heterocycles. The second kappa shape index (κ2) is 56.4. The van der Waals surface area contributed by atoms with Crippen molar-refractivity contribution < 1.29 is 32.9 Å². The van der Waals surface area contributed by atoms with Crippen LogP contribution in [0, 0.1) is 0 Å². The number of likely N-dealkylation sites (N-methyl/N-ethyl adjacent to an activating group) is 1. The van der Waals surface area contributed by atoms with Gasteiger partial charge >= 0.3 is 0 Å². The van der Waals surface area contributed by atoms with Crippen LogP contribution < -0.4 is 10.2 Å². The van der Waals surface area contributed by atoms with Crippen LogP contribution in [0.25, 0.3) is 0 Å². The molecule has 0 aliphatic heterocycles. The van der Waals surface area contributed by atoms with Gasteiger partial charge in [0.1, 0.15) is 13.2 Å². The van der Waals surface area contributed by atoms with Gasteiger partial charge in [0.05, 0.1) is 39.9 Å². The van der Waals surface area contributed by atoms with E-state index in [1.54, 1.807) is 6.08 Å². The summed E-state index contributed by atoms with van der Waals surface area (Å²) in [5.74, 6) is -0.205. The van der Waals surface area contributed by atoms with E-state index in [4.69, 9.17) is 9.05 Å². The molecule has 0 aliphatic carbocycles. The molecule has 9 heteroatoms. The summed E-state index contributed by atoms with van der Waals surface area (Å²) in [6.07, 6.45) is 74.0. The van der Waals surface area contributed by atoms with Crippen LogP contribution in [0.5, 0.6) is 0 Å². The van der Waals surface area contributed by atoms with E-state index in [2.05, 4.69) is 43.5 Å². The van der Waals surface area contributed by atoms with Gasteiger partial charge in [0, 0.05) is 6.42 Å². The normalized spacial score (nSPS) is 14.0. The summed E-state index contributed by atoms with van der Waals surface area (Å²) < 4.78 is 23.4. The topological polar surface area (TPSA) is 108 Å². The molecule has 1 amide bonds. The zero-order valence-electron chi connectivity index (χ0n) is 50.1. The summed E-state index contributed by atoms with van der Waals surface area (Å²) >= 11 is 0. The molecule has 3 unspecified atom stereocenters. The molecule has 0 rings (SSSR count). The number of aliphatic hydroxyl groups is 1. The second-order valence-electron chi connectivity index (χ2n) is 23.5. The number of carbonyl (C=O) groups is 1. The third-order valence-electron chi connectivity index (χ3n) is 14.8. The van der Waals surface area contributed by atoms with Crippen molar-refractivity contribution in [2.75, 3.05) is 40.9 Å². The Balaban J connectivity index is 4.17. The minimum atomic E-state index is -4.61. The van der Waals surface area contributed by atoms with Crippen LogP contribution in [0.15, 0.2) is 36.5 Å². The van der Waals surface area contributed by atoms with Gasteiger partial charge in [-0.1, -0.05) is 307 Å². The summed E-state index contributed by atoms with van der Waals surface area (Å²) in [5.41, 5.74) is 0. The van der Waals surface area contributed by atoms with Crippen LogP contribution in [0.3, 0.4) is 0 Å². The van der Waals surface area contributed by atoms with Crippen molar-refractivity contribution in [3.63, 3.8) is 0 Å². The van der Waals surface area contributed by atoms with Crippen LogP contribution in [0.1, 0.15) is 322 Å². The van der Waals surface area contributed by atoms with Crippen molar-refractivity contribution in [2.24, 2.45) is 0 Å². The molecule has 3 atom stereocenters. The van der Waals surface area contributed by atoms with Crippen molar-refractivity contribution in [3.05, 3.63) is 36.5 Å². The lowest BCUT2D eigenvalue weighted by atomic mass is 10.0. The number of quaternary nitrogens is 1. The highest BCUT2D eigenvalue weighted by Gasteiger charge is 2.23. The number of allylic oxidation sites excluding steroid dienone is 5. The summed E-state index contributed by atoms with van der Waals surface area (Å²) in [6.45, 7) is 4.67. The second-order valence-corrected chi connectivity index (χ2v) is 24.9. The molecule has 0 aromatic heterocycles. The highest BCUT2D eigenvalue weighted by Crippen LogP contribution is 2.38. The fourth-order valence-electron chi connectivity index (χ4n) is 9.78. The number of hydrogen-bond donors (Lipinski definition) is 2. The van der Waals surface area contributed by atoms with Gasteiger partial charge in [-0.25, -0.2) is 0 Å². The van der Waals surface area contributed by atoms with E-state index in [0.29, 0.717) is 17.4 Å². The molecular weight excluding hydrogens is 936 g/mol. The Morgan fingerprint density at radius 1 is 0.459 bits per heavy atom. The number of unbranched alkanes of at least 4 members (excludes halogenated alkanes) is 43. The zero-order chi connectivity index (χ0) is 54.2. The minimum absolute atomic E-state index is 0.00720. The predicted molar refractivity (Wildman–Crippen MR) is 321 cm³/mol. The number of phosphoric ester groups is 1. The molecule has 0 aromatic rings. The van der Waals surface area contributed by atoms with Crippen LogP contribution in [-0.4, -0.2) is 68.5 Å². The van der Waals surface area contributed by atoms with E-state index in [-0.39, 0.29) is 12.5 Å². The van der Waals surface area contributed by atoms with Crippen molar-refractivity contribution in [2.45, 2.75) is 334 Å². The first-order valence-corrected chi connectivity index (χ1v) is 33.8. The van der Waals surface area contributed by atoms with E-state index in [1.807, 2.05) is 27.2 Å². The van der Waals surface area contributed by atoms with Gasteiger partial charge in [-0.3, -0.25) is 9.36 Å². The maximum Gasteiger partial charge on any atom is 0.268 e. The van der Waals surface area contributed by atoms with Crippen LogP contribution in [0.4, 0.5) is 0 Å². The van der Waals surface area contributed by atoms with E-state index in [9.17, 15) is 19.4 Å². The summed E-state index contributed by atoms with van der Waals surface area (Å²) in [4.78, 5) is 25.5. The van der Waals surface area contributed by atoms with Crippen LogP contribution >= 0.6 is 7.82 Å². The molecule has 2 N–H and O–H groups in total. The summed E-state index contributed by atoms with van der Waals surface area (Å²) in [7, 11) is 1.25. The van der Waals surface area contributed by atoms with Gasteiger partial charge in [-0.15, -0.1) is 0 Å². The Bertz CT molecular complexity index is 1300. The molecule has 0 radical (unpaired) electrons. The molecule has 74 heavy (non-hydrogen) atoms. The number of phosphoric acid groups is 1. The first-order chi connectivity index (χ1) is 36.0. The number of aliphatic hydroxyl groups excluding tert-OH is 1. The number of nitrogens with zero attached hydrogens (tertiary/aromatic N) is 1. The van der Waals surface area contributed by atoms with Crippen LogP contribution in [0.2, 0.25) is 0 Å². The number of nitrogens with one attached hydrogen (secondary N) is 1. The molecule has 438 valence electrons. The van der Waals surface area contributed by atoms with Crippen molar-refractivity contribution in [1.82, 2.24) is 5.32 Å². The molecule has 0 spiro atoms. The van der Waals surface area contributed by atoms with Gasteiger partial charge < -0.3 is 28.8 Å². The van der Waals surface area contributed by atoms with E-state index < -0.39 is 26.6 Å². The number of carbonyl (C=O) groups excluding carboxylic acids is 1. The quantitative estimate of drug-likeness (QED) is 0.0272. The van der Waals surface area contributed by atoms with Crippen molar-refractivity contribution in [1.29, 1.82) is 0 Å². The SMILES string of the molecule is CCCCCCCCCCCCCCCCCCCCCC/C=C/CC/C=C/CC/C=C/C(O)C(COP(=O)([O-])OCC[N+](C)(C)C)NC(=O)CCCCCCCCCCCCCCCCCCCCCCCC. The monoisotopic (exact) mass is 1060 g/mol. The maximum atomic E-state index is 13.0. The van der Waals surface area contributed by atoms with Gasteiger partial charge in [0.25, 0.3) is 7.82 Å². The van der Waals surface area contributed by atoms with E-state index >= 15 is 0 Å². The van der Waals surface area contributed by atoms with Gasteiger partial charge in [-0.2, -0.15) is 0 Å². The van der Waals surface area contributed by atoms with E-state index in [0.717, 1.165) is 44.9 Å². The highest BCUT2D eigenvalue weighted by atomic mass is 31.2. The third kappa shape index (κ3) is 58.4. The van der Waals surface area contributed by atoms with Crippen molar-refractivity contribution >= 4 is 13.7 Å². The van der Waals surface area contributed by atoms with Gasteiger partial charge in [0.2, 0.25) is 5.91 Å². The van der Waals surface area contributed by atoms with Gasteiger partial charge in [-0.05, 0) is 44.9 Å². The smallest absolute Gasteiger partial charge is 0.268 e. The molecular formula is C65H127N2O6P. The standard InChI is InChI=1S/C65H127N2O6P/c1-6-8-10-12-14-16-18-20-22-24-26-28-30-31-32-33-34-35-36-37-38-40-42-44-46-48-50-52-54-56-58-64(68)63(62-73-74(70,71)72-61-60-67(3,4)5)66-65(69)59-57-55-53-51-49-47-45-43-41-39-29-27-25-23-21-19-17-15-13-11-9-7-2/h40,42,48,50,56,58,63-64,68H,6-39,41,43-47,49,51-55,57,59-62H2,1-5H3,(H-,66,69,70,71)/b42-40+,50-48+,58-56+. The molecule has 0 heterocycles. The first-order valence-electron chi connectivity index (χ1n) is 32.4. The lowest BCUT2D eigenvalue weighted by Crippen LogP contribution is -2.45. The maximum absolute atomic E-state index is 13.0. The summed E-state index contributed by atoms with van der Waals surface area (Å²) in [5, 5.41) is 13.9. The molecule has 0 saturated carbocycles. The third-order valence-corrected chi connectivity index (χ3v) is 15.8. The molecule has 8 nitrogen and oxygen atoms in total. The number of rotatable bonds is 60. The fourth-order valence-corrected chi connectivity index (χ4v) is 10.5. The largest absolute Gasteiger partial charge is 0.756 e. The average molecular weight is 1060 g/mol. The Kier molecular flexibility index (Phi) is 55.5. The minimum Gasteiger partial charge on any atom is -0.756 e. The fraction of sp³-hybridized carbons (Fsp3) is 0.892. The number of amides is 1. The molecule has 0 aromatic carbocycles. The molecule has 0 aliphatic rings. The molecule has 0 bridgehead atoms. The summed E-state index contributed by atoms with van der Waals surface area (Å²) in [6, 6.07) is -0.909. The Morgan fingerprint density at radius 2 is 0.757 bits per heavy atom. The number of hydrogen-bond acceptors (Lipinski definition) is 6. The zero-order valence-corrected chi connectivity index (χ0v) is 51.0. The predicted octanol–water partition coefficient (Wildman–Crippen LogP) is 19.5.